The van der Waals surface area contributed by atoms with Crippen LogP contribution in [0.1, 0.15) is 55.7 Å². The second kappa shape index (κ2) is 12.1. The molecule has 0 radical (unpaired) electrons. The van der Waals surface area contributed by atoms with Gasteiger partial charge in [0.2, 0.25) is 11.8 Å². The Morgan fingerprint density at radius 1 is 1.02 bits per heavy atom. The number of ether oxygens (including phenoxy) is 4. The van der Waals surface area contributed by atoms with Crippen molar-refractivity contribution in [1.82, 2.24) is 10.2 Å². The van der Waals surface area contributed by atoms with E-state index < -0.39 is 41.2 Å². The number of fused-ring (bicyclic) bond motifs is 4. The van der Waals surface area contributed by atoms with Crippen molar-refractivity contribution < 1.29 is 38.7 Å². The lowest BCUT2D eigenvalue weighted by atomic mass is 9.75. The van der Waals surface area contributed by atoms with Crippen molar-refractivity contribution in [3.8, 4) is 23.0 Å². The highest BCUT2D eigenvalue weighted by Gasteiger charge is 2.76. The molecular weight excluding hydrogens is 588 g/mol. The fourth-order valence-electron chi connectivity index (χ4n) is 7.61. The average molecular weight is 631 g/mol. The SMILES string of the molecule is CC[C@H](C)C(=O)N[C@@H]1CCCN1C(=O)[C@@H]1[C@@H](c2ccccc2)[C@]2(c3ccc(OC)cc3)Oc3cc(OC)cc(OC)c3[C@@]1(O)[C@H]2O. The molecule has 6 rings (SSSR count). The predicted molar refractivity (Wildman–Crippen MR) is 170 cm³/mol. The third-order valence-corrected chi connectivity index (χ3v) is 10.1. The van der Waals surface area contributed by atoms with Crippen molar-refractivity contribution in [3.63, 3.8) is 0 Å². The lowest BCUT2D eigenvalue weighted by Crippen LogP contribution is -2.56. The number of carbonyl (C=O) groups is 2. The molecule has 10 heteroatoms. The van der Waals surface area contributed by atoms with Gasteiger partial charge in [0.25, 0.3) is 0 Å². The molecule has 10 nitrogen and oxygen atoms in total. The van der Waals surface area contributed by atoms with Crippen LogP contribution in [0, 0.1) is 11.8 Å². The number of amides is 2. The number of hydrogen-bond acceptors (Lipinski definition) is 8. The predicted octanol–water partition coefficient (Wildman–Crippen LogP) is 4.07. The van der Waals surface area contributed by atoms with Crippen molar-refractivity contribution in [3.05, 3.63) is 83.4 Å². The lowest BCUT2D eigenvalue weighted by molar-refractivity contribution is -0.167. The van der Waals surface area contributed by atoms with E-state index >= 15 is 4.79 Å². The molecule has 3 aliphatic rings. The smallest absolute Gasteiger partial charge is 0.231 e. The molecule has 1 saturated carbocycles. The summed E-state index contributed by atoms with van der Waals surface area (Å²) < 4.78 is 23.7. The van der Waals surface area contributed by atoms with Crippen molar-refractivity contribution >= 4 is 11.8 Å². The van der Waals surface area contributed by atoms with Gasteiger partial charge in [-0.25, -0.2) is 0 Å². The molecule has 2 bridgehead atoms. The van der Waals surface area contributed by atoms with E-state index in [2.05, 4.69) is 5.32 Å². The topological polar surface area (TPSA) is 127 Å². The lowest BCUT2D eigenvalue weighted by Gasteiger charge is -2.45. The molecule has 0 spiro atoms. The zero-order valence-electron chi connectivity index (χ0n) is 26.9. The summed E-state index contributed by atoms with van der Waals surface area (Å²) in [6.45, 7) is 4.19. The van der Waals surface area contributed by atoms with Crippen LogP contribution < -0.4 is 24.3 Å². The number of likely N-dealkylation sites (tertiary alicyclic amines) is 1. The molecule has 2 amide bonds. The van der Waals surface area contributed by atoms with Gasteiger partial charge >= 0.3 is 0 Å². The quantitative estimate of drug-likeness (QED) is 0.323. The number of aliphatic hydroxyl groups excluding tert-OH is 1. The van der Waals surface area contributed by atoms with Crippen LogP contribution in [-0.4, -0.2) is 67.1 Å². The number of methoxy groups -OCH3 is 3. The Morgan fingerprint density at radius 2 is 1.72 bits per heavy atom. The largest absolute Gasteiger partial charge is 0.497 e. The minimum Gasteiger partial charge on any atom is -0.497 e. The number of hydrogen-bond donors (Lipinski definition) is 3. The number of nitrogens with zero attached hydrogens (tertiary/aromatic N) is 1. The summed E-state index contributed by atoms with van der Waals surface area (Å²) in [5, 5.41) is 28.8. The summed E-state index contributed by atoms with van der Waals surface area (Å²) in [5.74, 6) is -1.38. The monoisotopic (exact) mass is 630 g/mol. The summed E-state index contributed by atoms with van der Waals surface area (Å²) in [5.41, 5.74) is -2.37. The Bertz CT molecular complexity index is 1600. The van der Waals surface area contributed by atoms with Crippen molar-refractivity contribution in [1.29, 1.82) is 0 Å². The first-order valence-corrected chi connectivity index (χ1v) is 15.8. The van der Waals surface area contributed by atoms with Crippen LogP contribution in [0.3, 0.4) is 0 Å². The molecule has 0 unspecified atom stereocenters. The van der Waals surface area contributed by atoms with Gasteiger partial charge < -0.3 is 39.4 Å². The first kappa shape index (κ1) is 31.7. The molecule has 46 heavy (non-hydrogen) atoms. The van der Waals surface area contributed by atoms with Gasteiger partial charge in [-0.3, -0.25) is 9.59 Å². The van der Waals surface area contributed by atoms with E-state index in [0.717, 1.165) is 0 Å². The van der Waals surface area contributed by atoms with Crippen LogP contribution in [0.4, 0.5) is 0 Å². The highest BCUT2D eigenvalue weighted by molar-refractivity contribution is 5.86. The molecule has 3 N–H and O–H groups in total. The molecule has 244 valence electrons. The molecule has 2 heterocycles. The Balaban J connectivity index is 1.60. The van der Waals surface area contributed by atoms with Gasteiger partial charge in [0.05, 0.1) is 32.8 Å². The maximum atomic E-state index is 15.1. The van der Waals surface area contributed by atoms with Gasteiger partial charge in [-0.05, 0) is 42.5 Å². The number of aliphatic hydroxyl groups is 2. The molecule has 7 atom stereocenters. The maximum Gasteiger partial charge on any atom is 0.231 e. The van der Waals surface area contributed by atoms with Crippen molar-refractivity contribution in [2.75, 3.05) is 27.9 Å². The second-order valence-corrected chi connectivity index (χ2v) is 12.4. The zero-order chi connectivity index (χ0) is 32.8. The van der Waals surface area contributed by atoms with E-state index in [9.17, 15) is 15.0 Å². The van der Waals surface area contributed by atoms with Crippen LogP contribution >= 0.6 is 0 Å². The van der Waals surface area contributed by atoms with E-state index in [0.29, 0.717) is 48.4 Å². The summed E-state index contributed by atoms with van der Waals surface area (Å²) >= 11 is 0. The number of nitrogens with one attached hydrogen (secondary N) is 1. The second-order valence-electron chi connectivity index (χ2n) is 12.4. The Labute approximate surface area is 269 Å². The Hall–Kier alpha value is -4.28. The number of benzene rings is 3. The molecule has 2 aliphatic heterocycles. The van der Waals surface area contributed by atoms with E-state index in [1.165, 1.54) is 14.2 Å². The van der Waals surface area contributed by atoms with E-state index in [4.69, 9.17) is 18.9 Å². The van der Waals surface area contributed by atoms with Crippen molar-refractivity contribution in [2.24, 2.45) is 11.8 Å². The first-order chi connectivity index (χ1) is 22.1. The molecule has 2 fully saturated rings. The van der Waals surface area contributed by atoms with Gasteiger partial charge in [-0.2, -0.15) is 0 Å². The van der Waals surface area contributed by atoms with Gasteiger partial charge in [-0.15, -0.1) is 0 Å². The van der Waals surface area contributed by atoms with Crippen LogP contribution in [0.25, 0.3) is 0 Å². The fraction of sp³-hybridized carbons (Fsp3) is 0.444. The van der Waals surface area contributed by atoms with Crippen molar-refractivity contribution in [2.45, 2.75) is 62.5 Å². The van der Waals surface area contributed by atoms with Gasteiger partial charge in [-0.1, -0.05) is 56.3 Å². The van der Waals surface area contributed by atoms with E-state index in [1.54, 1.807) is 48.4 Å². The fourth-order valence-corrected chi connectivity index (χ4v) is 7.61. The maximum absolute atomic E-state index is 15.1. The number of carbonyl (C=O) groups excluding carboxylic acids is 2. The van der Waals surface area contributed by atoms with Crippen LogP contribution in [-0.2, 0) is 20.8 Å². The summed E-state index contributed by atoms with van der Waals surface area (Å²) in [4.78, 5) is 29.8. The third kappa shape index (κ3) is 4.69. The highest BCUT2D eigenvalue weighted by Crippen LogP contribution is 2.68. The zero-order valence-corrected chi connectivity index (χ0v) is 26.9. The summed E-state index contributed by atoms with van der Waals surface area (Å²) in [6.07, 6.45) is -0.244. The molecular formula is C36H42N2O8. The minimum atomic E-state index is -2.17. The molecule has 3 aromatic carbocycles. The Kier molecular flexibility index (Phi) is 8.37. The van der Waals surface area contributed by atoms with E-state index in [-0.39, 0.29) is 28.9 Å². The average Bonchev–Trinajstić information content (AvgIpc) is 3.59. The van der Waals surface area contributed by atoms with Crippen LogP contribution in [0.15, 0.2) is 66.7 Å². The standard InChI is InChI=1S/C36H42N2O8/c1-6-21(2)32(39)37-28-13-10-18-38(28)33(40)31-29(22-11-8-7-9-12-22)36(23-14-16-24(43-3)17-15-23)34(41)35(31,42)30-26(45-5)19-25(44-4)20-27(30)46-36/h7-9,11-12,14-17,19-21,28-29,31,34,41-42H,6,10,13,18H2,1-5H3,(H,37,39)/t21-,28-,29+,31-,34+,35-,36-/m0/s1. The minimum absolute atomic E-state index is 0.132. The first-order valence-electron chi connectivity index (χ1n) is 15.8. The summed E-state index contributed by atoms with van der Waals surface area (Å²) in [6, 6.07) is 19.7. The molecule has 3 aromatic rings. The highest BCUT2D eigenvalue weighted by atomic mass is 16.5. The van der Waals surface area contributed by atoms with Crippen LogP contribution in [0.5, 0.6) is 23.0 Å². The third-order valence-electron chi connectivity index (χ3n) is 10.1. The molecule has 0 aromatic heterocycles. The van der Waals surface area contributed by atoms with Gasteiger partial charge in [0.15, 0.2) is 5.60 Å². The summed E-state index contributed by atoms with van der Waals surface area (Å²) in [7, 11) is 4.54. The van der Waals surface area contributed by atoms with Gasteiger partial charge in [0, 0.05) is 30.5 Å². The van der Waals surface area contributed by atoms with Crippen LogP contribution in [0.2, 0.25) is 0 Å². The molecule has 1 saturated heterocycles. The Morgan fingerprint density at radius 3 is 2.35 bits per heavy atom. The van der Waals surface area contributed by atoms with E-state index in [1.807, 2.05) is 44.2 Å². The normalized spacial score (nSPS) is 28.5. The van der Waals surface area contributed by atoms with Gasteiger partial charge in [0.1, 0.15) is 40.9 Å². The molecule has 1 aliphatic carbocycles. The number of rotatable bonds is 9.